The summed E-state index contributed by atoms with van der Waals surface area (Å²) < 4.78 is 28.9. The van der Waals surface area contributed by atoms with Gasteiger partial charge in [0, 0.05) is 16.1 Å². The molecule has 7 heteroatoms. The Morgan fingerprint density at radius 2 is 1.55 bits per heavy atom. The summed E-state index contributed by atoms with van der Waals surface area (Å²) in [6.45, 7) is -2.97. The van der Waals surface area contributed by atoms with Crippen molar-refractivity contribution in [1.29, 1.82) is 0 Å². The molecule has 0 spiro atoms. The van der Waals surface area contributed by atoms with Gasteiger partial charge in [-0.3, -0.25) is 0 Å². The fourth-order valence-electron chi connectivity index (χ4n) is 1.69. The number of hydrogen-bond donors (Lipinski definition) is 0. The van der Waals surface area contributed by atoms with Crippen LogP contribution in [0.5, 0.6) is 5.75 Å². The Hall–Kier alpha value is -0.740. The van der Waals surface area contributed by atoms with Crippen LogP contribution in [0.15, 0.2) is 30.3 Å². The van der Waals surface area contributed by atoms with Crippen molar-refractivity contribution in [3.63, 3.8) is 0 Å². The lowest BCUT2D eigenvalue weighted by Gasteiger charge is -2.13. The summed E-state index contributed by atoms with van der Waals surface area (Å²) in [5, 5.41) is 0.885. The molecule has 0 aliphatic heterocycles. The zero-order valence-corrected chi connectivity index (χ0v) is 12.7. The van der Waals surface area contributed by atoms with Crippen molar-refractivity contribution >= 4 is 46.4 Å². The van der Waals surface area contributed by atoms with Crippen molar-refractivity contribution < 1.29 is 13.5 Å². The number of halogens is 6. The Morgan fingerprint density at radius 3 is 2.10 bits per heavy atom. The molecule has 2 aromatic rings. The Bertz CT molecular complexity index is 623. The fraction of sp³-hybridized carbons (Fsp3) is 0.0769. The lowest BCUT2D eigenvalue weighted by Crippen LogP contribution is -2.02. The topological polar surface area (TPSA) is 9.23 Å². The zero-order chi connectivity index (χ0) is 14.9. The summed E-state index contributed by atoms with van der Waals surface area (Å²) in [5.41, 5.74) is 0.791. The minimum absolute atomic E-state index is 0.000998. The van der Waals surface area contributed by atoms with Gasteiger partial charge in [0.05, 0.1) is 15.1 Å². The highest BCUT2D eigenvalue weighted by Gasteiger charge is 2.17. The van der Waals surface area contributed by atoms with Crippen molar-refractivity contribution in [2.24, 2.45) is 0 Å². The van der Waals surface area contributed by atoms with Crippen LogP contribution in [0, 0.1) is 0 Å². The zero-order valence-electron chi connectivity index (χ0n) is 9.64. The molecule has 0 aromatic heterocycles. The number of alkyl halides is 2. The molecule has 20 heavy (non-hydrogen) atoms. The number of benzene rings is 2. The number of ether oxygens (including phenoxy) is 1. The highest BCUT2D eigenvalue weighted by molar-refractivity contribution is 6.43. The van der Waals surface area contributed by atoms with Crippen LogP contribution in [0.25, 0.3) is 11.1 Å². The van der Waals surface area contributed by atoms with Crippen LogP contribution in [0.1, 0.15) is 0 Å². The number of hydrogen-bond acceptors (Lipinski definition) is 1. The largest absolute Gasteiger partial charge is 0.433 e. The first-order valence-corrected chi connectivity index (χ1v) is 6.79. The molecule has 2 rings (SSSR count). The van der Waals surface area contributed by atoms with Gasteiger partial charge in [0.15, 0.2) is 0 Å². The summed E-state index contributed by atoms with van der Waals surface area (Å²) in [7, 11) is 0. The van der Waals surface area contributed by atoms with Gasteiger partial charge in [0.2, 0.25) is 0 Å². The third kappa shape index (κ3) is 3.29. The maximum Gasteiger partial charge on any atom is 0.387 e. The minimum atomic E-state index is -2.97. The molecule has 0 radical (unpaired) electrons. The number of rotatable bonds is 3. The van der Waals surface area contributed by atoms with E-state index >= 15 is 0 Å². The van der Waals surface area contributed by atoms with E-state index < -0.39 is 6.61 Å². The summed E-state index contributed by atoms with van der Waals surface area (Å²) in [4.78, 5) is 0. The fourth-order valence-corrected chi connectivity index (χ4v) is 2.98. The van der Waals surface area contributed by atoms with E-state index in [1.165, 1.54) is 24.3 Å². The molecule has 0 fully saturated rings. The van der Waals surface area contributed by atoms with Gasteiger partial charge in [-0.15, -0.1) is 0 Å². The third-order valence-electron chi connectivity index (χ3n) is 2.46. The van der Waals surface area contributed by atoms with Crippen LogP contribution in [0.4, 0.5) is 8.78 Å². The molecule has 0 aliphatic rings. The molecule has 0 saturated heterocycles. The second-order valence-electron chi connectivity index (χ2n) is 3.74. The first-order chi connectivity index (χ1) is 9.40. The quantitative estimate of drug-likeness (QED) is 0.603. The molecular formula is C13H6Cl4F2O. The lowest BCUT2D eigenvalue weighted by molar-refractivity contribution is -0.0497. The molecule has 0 bridgehead atoms. The molecule has 0 N–H and O–H groups in total. The Labute approximate surface area is 134 Å². The average Bonchev–Trinajstić information content (AvgIpc) is 2.32. The van der Waals surface area contributed by atoms with Gasteiger partial charge in [0.1, 0.15) is 5.75 Å². The molecule has 0 aliphatic carbocycles. The highest BCUT2D eigenvalue weighted by Crippen LogP contribution is 2.43. The SMILES string of the molecule is FC(F)Oc1cccc(-c2c(Cl)cc(Cl)cc2Cl)c1Cl. The van der Waals surface area contributed by atoms with Crippen LogP contribution in [0.2, 0.25) is 20.1 Å². The van der Waals surface area contributed by atoms with Gasteiger partial charge in [-0.1, -0.05) is 58.5 Å². The third-order valence-corrected chi connectivity index (χ3v) is 3.66. The first kappa shape index (κ1) is 15.6. The van der Waals surface area contributed by atoms with E-state index in [0.29, 0.717) is 16.1 Å². The maximum atomic E-state index is 12.3. The molecular weight excluding hydrogens is 352 g/mol. The molecule has 0 heterocycles. The highest BCUT2D eigenvalue weighted by atomic mass is 35.5. The molecule has 0 atom stereocenters. The summed E-state index contributed by atoms with van der Waals surface area (Å²) >= 11 is 24.1. The lowest BCUT2D eigenvalue weighted by atomic mass is 10.1. The monoisotopic (exact) mass is 356 g/mol. The molecule has 0 unspecified atom stereocenters. The van der Waals surface area contributed by atoms with Gasteiger partial charge < -0.3 is 4.74 Å². The van der Waals surface area contributed by atoms with Gasteiger partial charge in [-0.05, 0) is 18.2 Å². The van der Waals surface area contributed by atoms with Crippen LogP contribution in [-0.2, 0) is 0 Å². The van der Waals surface area contributed by atoms with Gasteiger partial charge in [-0.25, -0.2) is 0 Å². The Kier molecular flexibility index (Phi) is 4.97. The van der Waals surface area contributed by atoms with E-state index in [2.05, 4.69) is 4.74 Å². The summed E-state index contributed by atoms with van der Waals surface area (Å²) in [6, 6.07) is 7.42. The van der Waals surface area contributed by atoms with Crippen molar-refractivity contribution in [2.75, 3.05) is 0 Å². The Morgan fingerprint density at radius 1 is 0.950 bits per heavy atom. The standard InChI is InChI=1S/C13H6Cl4F2O/c14-6-4-8(15)11(9(16)5-6)7-2-1-3-10(12(7)17)20-13(18)19/h1-5,13H. The van der Waals surface area contributed by atoms with Gasteiger partial charge >= 0.3 is 6.61 Å². The van der Waals surface area contributed by atoms with E-state index in [4.69, 9.17) is 46.4 Å². The predicted octanol–water partition coefficient (Wildman–Crippen LogP) is 6.57. The Balaban J connectivity index is 2.59. The van der Waals surface area contributed by atoms with E-state index in [1.54, 1.807) is 6.07 Å². The molecule has 0 saturated carbocycles. The van der Waals surface area contributed by atoms with Crippen molar-refractivity contribution in [2.45, 2.75) is 6.61 Å². The second kappa shape index (κ2) is 6.35. The van der Waals surface area contributed by atoms with Crippen LogP contribution in [0.3, 0.4) is 0 Å². The van der Waals surface area contributed by atoms with Crippen LogP contribution < -0.4 is 4.74 Å². The first-order valence-electron chi connectivity index (χ1n) is 5.28. The molecule has 1 nitrogen and oxygen atoms in total. The molecule has 2 aromatic carbocycles. The predicted molar refractivity (Wildman–Crippen MR) is 78.6 cm³/mol. The van der Waals surface area contributed by atoms with E-state index in [9.17, 15) is 8.78 Å². The summed E-state index contributed by atoms with van der Waals surface area (Å²) in [5.74, 6) is -0.152. The average molecular weight is 358 g/mol. The molecule has 106 valence electrons. The second-order valence-corrected chi connectivity index (χ2v) is 5.37. The van der Waals surface area contributed by atoms with Crippen LogP contribution in [-0.4, -0.2) is 6.61 Å². The normalized spacial score (nSPS) is 10.9. The summed E-state index contributed by atoms with van der Waals surface area (Å²) in [6.07, 6.45) is 0. The van der Waals surface area contributed by atoms with Gasteiger partial charge in [-0.2, -0.15) is 8.78 Å². The van der Waals surface area contributed by atoms with Crippen molar-refractivity contribution in [3.05, 3.63) is 50.4 Å². The van der Waals surface area contributed by atoms with Crippen molar-refractivity contribution in [1.82, 2.24) is 0 Å². The molecule has 0 amide bonds. The van der Waals surface area contributed by atoms with E-state index in [0.717, 1.165) is 0 Å². The van der Waals surface area contributed by atoms with Gasteiger partial charge in [0.25, 0.3) is 0 Å². The smallest absolute Gasteiger partial charge is 0.387 e. The van der Waals surface area contributed by atoms with Crippen molar-refractivity contribution in [3.8, 4) is 16.9 Å². The van der Waals surface area contributed by atoms with E-state index in [1.807, 2.05) is 0 Å². The minimum Gasteiger partial charge on any atom is -0.433 e. The van der Waals surface area contributed by atoms with Crippen LogP contribution >= 0.6 is 46.4 Å². The van der Waals surface area contributed by atoms with E-state index in [-0.39, 0.29) is 20.8 Å². The maximum absolute atomic E-state index is 12.3.